The minimum Gasteiger partial charge on any atom is -0.375 e. The van der Waals surface area contributed by atoms with Gasteiger partial charge in [-0.15, -0.1) is 0 Å². The molecule has 1 aromatic carbocycles. The topological polar surface area (TPSA) is 78.4 Å². The second kappa shape index (κ2) is 5.46. The number of rotatable bonds is 5. The molecule has 0 atom stereocenters. The SMILES string of the molecule is NC1(COCc2ccc([N+](=O)[O-])cc2)CCCC1. The minimum absolute atomic E-state index is 0.102. The first kappa shape index (κ1) is 13.0. The number of nitrogens with zero attached hydrogens (tertiary/aromatic N) is 1. The number of hydrogen-bond donors (Lipinski definition) is 1. The molecule has 98 valence electrons. The Kier molecular flexibility index (Phi) is 3.93. The van der Waals surface area contributed by atoms with Gasteiger partial charge < -0.3 is 10.5 Å². The van der Waals surface area contributed by atoms with Gasteiger partial charge >= 0.3 is 0 Å². The highest BCUT2D eigenvalue weighted by atomic mass is 16.6. The fraction of sp³-hybridized carbons (Fsp3) is 0.538. The van der Waals surface area contributed by atoms with Gasteiger partial charge in [-0.25, -0.2) is 0 Å². The van der Waals surface area contributed by atoms with Crippen molar-refractivity contribution in [1.29, 1.82) is 0 Å². The van der Waals surface area contributed by atoms with Crippen molar-refractivity contribution in [2.24, 2.45) is 5.73 Å². The Bertz CT molecular complexity index is 411. The summed E-state index contributed by atoms with van der Waals surface area (Å²) in [5.41, 5.74) is 7.04. The predicted octanol–water partition coefficient (Wildman–Crippen LogP) is 2.38. The Labute approximate surface area is 106 Å². The fourth-order valence-electron chi connectivity index (χ4n) is 2.31. The normalized spacial score (nSPS) is 17.8. The van der Waals surface area contributed by atoms with Crippen LogP contribution < -0.4 is 5.73 Å². The standard InChI is InChI=1S/C13H18N2O3/c14-13(7-1-2-8-13)10-18-9-11-3-5-12(6-4-11)15(16)17/h3-6H,1-2,7-10,14H2. The van der Waals surface area contributed by atoms with Gasteiger partial charge in [0.1, 0.15) is 0 Å². The van der Waals surface area contributed by atoms with E-state index in [2.05, 4.69) is 0 Å². The quantitative estimate of drug-likeness (QED) is 0.642. The highest BCUT2D eigenvalue weighted by molar-refractivity contribution is 5.32. The molecule has 0 radical (unpaired) electrons. The van der Waals surface area contributed by atoms with Crippen molar-refractivity contribution >= 4 is 5.69 Å². The molecule has 5 nitrogen and oxygen atoms in total. The van der Waals surface area contributed by atoms with Crippen LogP contribution in [0.5, 0.6) is 0 Å². The van der Waals surface area contributed by atoms with Gasteiger partial charge in [0.2, 0.25) is 0 Å². The molecule has 2 N–H and O–H groups in total. The summed E-state index contributed by atoms with van der Waals surface area (Å²) in [6.07, 6.45) is 4.40. The number of nitrogens with two attached hydrogens (primary N) is 1. The Hall–Kier alpha value is -1.46. The summed E-state index contributed by atoms with van der Waals surface area (Å²) in [5, 5.41) is 10.5. The molecule has 5 heteroatoms. The molecule has 18 heavy (non-hydrogen) atoms. The van der Waals surface area contributed by atoms with Gasteiger partial charge in [-0.05, 0) is 30.5 Å². The first-order valence-electron chi connectivity index (χ1n) is 6.19. The van der Waals surface area contributed by atoms with E-state index in [1.165, 1.54) is 25.0 Å². The largest absolute Gasteiger partial charge is 0.375 e. The van der Waals surface area contributed by atoms with E-state index in [0.717, 1.165) is 18.4 Å². The van der Waals surface area contributed by atoms with Crippen molar-refractivity contribution in [2.45, 2.75) is 37.8 Å². The lowest BCUT2D eigenvalue weighted by Gasteiger charge is -2.23. The van der Waals surface area contributed by atoms with E-state index in [1.54, 1.807) is 12.1 Å². The zero-order valence-electron chi connectivity index (χ0n) is 10.3. The van der Waals surface area contributed by atoms with Gasteiger partial charge in [-0.1, -0.05) is 12.8 Å². The zero-order valence-corrected chi connectivity index (χ0v) is 10.3. The number of non-ortho nitro benzene ring substituents is 1. The number of hydrogen-bond acceptors (Lipinski definition) is 4. The van der Waals surface area contributed by atoms with Gasteiger partial charge in [0.15, 0.2) is 0 Å². The number of ether oxygens (including phenoxy) is 1. The van der Waals surface area contributed by atoms with Crippen molar-refractivity contribution in [3.63, 3.8) is 0 Å². The highest BCUT2D eigenvalue weighted by Gasteiger charge is 2.29. The Morgan fingerprint density at radius 3 is 2.44 bits per heavy atom. The second-order valence-corrected chi connectivity index (χ2v) is 4.99. The molecule has 1 fully saturated rings. The van der Waals surface area contributed by atoms with Crippen LogP contribution in [0.15, 0.2) is 24.3 Å². The zero-order chi connectivity index (χ0) is 13.0. The second-order valence-electron chi connectivity index (χ2n) is 4.99. The van der Waals surface area contributed by atoms with Crippen LogP contribution in [-0.2, 0) is 11.3 Å². The molecular weight excluding hydrogens is 232 g/mol. The molecule has 0 heterocycles. The van der Waals surface area contributed by atoms with E-state index in [9.17, 15) is 10.1 Å². The summed E-state index contributed by atoms with van der Waals surface area (Å²) >= 11 is 0. The highest BCUT2D eigenvalue weighted by Crippen LogP contribution is 2.27. The predicted molar refractivity (Wildman–Crippen MR) is 68.1 cm³/mol. The molecule has 0 unspecified atom stereocenters. The van der Waals surface area contributed by atoms with E-state index >= 15 is 0 Å². The van der Waals surface area contributed by atoms with Crippen LogP contribution in [-0.4, -0.2) is 17.1 Å². The maximum Gasteiger partial charge on any atom is 0.269 e. The van der Waals surface area contributed by atoms with Crippen molar-refractivity contribution < 1.29 is 9.66 Å². The molecule has 0 aliphatic heterocycles. The van der Waals surface area contributed by atoms with Crippen LogP contribution in [0, 0.1) is 10.1 Å². The van der Waals surface area contributed by atoms with E-state index in [-0.39, 0.29) is 11.2 Å². The summed E-state index contributed by atoms with van der Waals surface area (Å²) in [6, 6.07) is 6.42. The van der Waals surface area contributed by atoms with Crippen molar-refractivity contribution in [3.05, 3.63) is 39.9 Å². The molecule has 0 spiro atoms. The minimum atomic E-state index is -0.405. The molecule has 0 amide bonds. The summed E-state index contributed by atoms with van der Waals surface area (Å²) in [7, 11) is 0. The Morgan fingerprint density at radius 2 is 1.89 bits per heavy atom. The lowest BCUT2D eigenvalue weighted by atomic mass is 10.0. The monoisotopic (exact) mass is 250 g/mol. The number of benzene rings is 1. The van der Waals surface area contributed by atoms with Gasteiger partial charge in [-0.3, -0.25) is 10.1 Å². The van der Waals surface area contributed by atoms with Crippen molar-refractivity contribution in [1.82, 2.24) is 0 Å². The first-order valence-corrected chi connectivity index (χ1v) is 6.19. The molecule has 2 rings (SSSR count). The molecule has 0 aromatic heterocycles. The van der Waals surface area contributed by atoms with Gasteiger partial charge in [0, 0.05) is 17.7 Å². The maximum atomic E-state index is 10.5. The Balaban J connectivity index is 1.81. The van der Waals surface area contributed by atoms with Crippen LogP contribution in [0.3, 0.4) is 0 Å². The Morgan fingerprint density at radius 1 is 1.28 bits per heavy atom. The molecule has 0 saturated heterocycles. The van der Waals surface area contributed by atoms with Crippen LogP contribution in [0.4, 0.5) is 5.69 Å². The van der Waals surface area contributed by atoms with Crippen LogP contribution in [0.1, 0.15) is 31.2 Å². The first-order chi connectivity index (χ1) is 8.59. The lowest BCUT2D eigenvalue weighted by Crippen LogP contribution is -2.41. The summed E-state index contributed by atoms with van der Waals surface area (Å²) in [6.45, 7) is 1.01. The molecular formula is C13H18N2O3. The van der Waals surface area contributed by atoms with Crippen molar-refractivity contribution in [2.75, 3.05) is 6.61 Å². The third kappa shape index (κ3) is 3.27. The number of nitro groups is 1. The third-order valence-electron chi connectivity index (χ3n) is 3.40. The average molecular weight is 250 g/mol. The van der Waals surface area contributed by atoms with Gasteiger partial charge in [0.25, 0.3) is 5.69 Å². The fourth-order valence-corrected chi connectivity index (χ4v) is 2.31. The molecule has 0 bridgehead atoms. The summed E-state index contributed by atoms with van der Waals surface area (Å²) in [4.78, 5) is 10.1. The summed E-state index contributed by atoms with van der Waals surface area (Å²) < 4.78 is 5.61. The summed E-state index contributed by atoms with van der Waals surface area (Å²) in [5.74, 6) is 0. The smallest absolute Gasteiger partial charge is 0.269 e. The van der Waals surface area contributed by atoms with E-state index in [1.807, 2.05) is 0 Å². The van der Waals surface area contributed by atoms with Crippen LogP contribution >= 0.6 is 0 Å². The van der Waals surface area contributed by atoms with E-state index < -0.39 is 4.92 Å². The molecule has 1 saturated carbocycles. The van der Waals surface area contributed by atoms with Gasteiger partial charge in [0.05, 0.1) is 18.1 Å². The van der Waals surface area contributed by atoms with Gasteiger partial charge in [-0.2, -0.15) is 0 Å². The number of nitro benzene ring substituents is 1. The van der Waals surface area contributed by atoms with Crippen LogP contribution in [0.2, 0.25) is 0 Å². The third-order valence-corrected chi connectivity index (χ3v) is 3.40. The van der Waals surface area contributed by atoms with E-state index in [0.29, 0.717) is 13.2 Å². The molecule has 1 aliphatic carbocycles. The maximum absolute atomic E-state index is 10.5. The van der Waals surface area contributed by atoms with E-state index in [4.69, 9.17) is 10.5 Å². The van der Waals surface area contributed by atoms with Crippen molar-refractivity contribution in [3.8, 4) is 0 Å². The molecule has 1 aliphatic rings. The lowest BCUT2D eigenvalue weighted by molar-refractivity contribution is -0.384. The average Bonchev–Trinajstić information content (AvgIpc) is 2.77. The van der Waals surface area contributed by atoms with Crippen LogP contribution in [0.25, 0.3) is 0 Å². The molecule has 1 aromatic rings.